The van der Waals surface area contributed by atoms with Crippen molar-refractivity contribution in [2.45, 2.75) is 32.5 Å². The second kappa shape index (κ2) is 6.59. The third kappa shape index (κ3) is 4.70. The molecule has 2 N–H and O–H groups in total. The van der Waals surface area contributed by atoms with Crippen LogP contribution in [0.25, 0.3) is 0 Å². The molecule has 23 heavy (non-hydrogen) atoms. The number of aliphatic hydroxyl groups is 1. The molecule has 0 fully saturated rings. The number of ether oxygens (including phenoxy) is 1. The van der Waals surface area contributed by atoms with E-state index in [2.05, 4.69) is 10.3 Å². The first-order valence-electron chi connectivity index (χ1n) is 6.74. The van der Waals surface area contributed by atoms with E-state index in [0.717, 1.165) is 23.5 Å². The molecule has 5 nitrogen and oxygen atoms in total. The van der Waals surface area contributed by atoms with Crippen molar-refractivity contribution in [3.63, 3.8) is 0 Å². The van der Waals surface area contributed by atoms with Crippen LogP contribution in [0.5, 0.6) is 0 Å². The number of aliphatic hydroxyl groups excluding tert-OH is 1. The molecule has 0 bridgehead atoms. The zero-order valence-electron chi connectivity index (χ0n) is 12.8. The van der Waals surface area contributed by atoms with Crippen LogP contribution in [0.1, 0.15) is 37.3 Å². The van der Waals surface area contributed by atoms with Crippen molar-refractivity contribution < 1.29 is 23.4 Å². The van der Waals surface area contributed by atoms with Crippen molar-refractivity contribution in [1.82, 2.24) is 4.98 Å². The summed E-state index contributed by atoms with van der Waals surface area (Å²) >= 11 is 0.970. The van der Waals surface area contributed by atoms with Gasteiger partial charge in [-0.15, -0.1) is 0 Å². The quantitative estimate of drug-likeness (QED) is 0.889. The number of nitrogens with zero attached hydrogens (tertiary/aromatic N) is 1. The molecule has 1 aromatic heterocycles. The topological polar surface area (TPSA) is 71.5 Å². The first kappa shape index (κ1) is 17.3. The maximum absolute atomic E-state index is 13.7. The first-order chi connectivity index (χ1) is 10.7. The maximum Gasteiger partial charge on any atom is 0.413 e. The number of halogens is 2. The van der Waals surface area contributed by atoms with Crippen molar-refractivity contribution in [2.24, 2.45) is 0 Å². The number of benzene rings is 1. The van der Waals surface area contributed by atoms with Gasteiger partial charge in [0.25, 0.3) is 0 Å². The molecule has 124 valence electrons. The summed E-state index contributed by atoms with van der Waals surface area (Å²) in [7, 11) is 0. The van der Waals surface area contributed by atoms with Crippen LogP contribution in [-0.2, 0) is 4.74 Å². The van der Waals surface area contributed by atoms with E-state index in [-0.39, 0.29) is 10.7 Å². The van der Waals surface area contributed by atoms with Crippen molar-refractivity contribution in [2.75, 3.05) is 5.32 Å². The third-order valence-corrected chi connectivity index (χ3v) is 3.62. The van der Waals surface area contributed by atoms with Crippen molar-refractivity contribution in [1.29, 1.82) is 0 Å². The van der Waals surface area contributed by atoms with Crippen LogP contribution in [0.15, 0.2) is 24.4 Å². The van der Waals surface area contributed by atoms with Gasteiger partial charge in [0.15, 0.2) is 5.13 Å². The van der Waals surface area contributed by atoms with Gasteiger partial charge in [-0.3, -0.25) is 5.32 Å². The van der Waals surface area contributed by atoms with E-state index in [0.29, 0.717) is 10.9 Å². The predicted octanol–water partition coefficient (Wildman–Crippen LogP) is 3.85. The number of hydrogen-bond acceptors (Lipinski definition) is 5. The summed E-state index contributed by atoms with van der Waals surface area (Å²) in [4.78, 5) is 15.9. The van der Waals surface area contributed by atoms with Gasteiger partial charge in [0, 0.05) is 17.8 Å². The molecular formula is C15H16F2N2O3S. The molecule has 0 spiro atoms. The van der Waals surface area contributed by atoms with Crippen LogP contribution >= 0.6 is 11.3 Å². The molecule has 1 atom stereocenters. The fourth-order valence-corrected chi connectivity index (χ4v) is 2.55. The van der Waals surface area contributed by atoms with Crippen LogP contribution in [-0.4, -0.2) is 21.8 Å². The Bertz CT molecular complexity index is 713. The number of anilines is 1. The average molecular weight is 342 g/mol. The highest BCUT2D eigenvalue weighted by Gasteiger charge is 2.20. The van der Waals surface area contributed by atoms with Gasteiger partial charge in [0.05, 0.1) is 4.88 Å². The molecular weight excluding hydrogens is 326 g/mol. The summed E-state index contributed by atoms with van der Waals surface area (Å²) in [5, 5.41) is 12.8. The zero-order chi connectivity index (χ0) is 17.2. The summed E-state index contributed by atoms with van der Waals surface area (Å²) in [6.45, 7) is 5.17. The molecule has 0 saturated heterocycles. The number of carbonyl (C=O) groups is 1. The van der Waals surface area contributed by atoms with Gasteiger partial charge in [-0.05, 0) is 26.8 Å². The Morgan fingerprint density at radius 3 is 2.70 bits per heavy atom. The number of amides is 1. The molecule has 0 aliphatic rings. The van der Waals surface area contributed by atoms with Crippen LogP contribution in [0, 0.1) is 11.6 Å². The predicted molar refractivity (Wildman–Crippen MR) is 82.4 cm³/mol. The Labute approximate surface area is 135 Å². The number of aromatic nitrogens is 1. The molecule has 0 aliphatic carbocycles. The molecule has 2 rings (SSSR count). The number of carbonyl (C=O) groups excluding carboxylic acids is 1. The fourth-order valence-electron chi connectivity index (χ4n) is 1.74. The monoisotopic (exact) mass is 342 g/mol. The normalized spacial score (nSPS) is 12.8. The van der Waals surface area contributed by atoms with Gasteiger partial charge in [-0.2, -0.15) is 0 Å². The van der Waals surface area contributed by atoms with E-state index in [1.807, 2.05) is 0 Å². The Balaban J connectivity index is 2.11. The highest BCUT2D eigenvalue weighted by molar-refractivity contribution is 7.15. The Hall–Kier alpha value is -2.06. The highest BCUT2D eigenvalue weighted by Crippen LogP contribution is 2.30. The van der Waals surface area contributed by atoms with Crippen LogP contribution < -0.4 is 5.32 Å². The van der Waals surface area contributed by atoms with Gasteiger partial charge in [-0.1, -0.05) is 17.4 Å². The van der Waals surface area contributed by atoms with Crippen molar-refractivity contribution in [3.8, 4) is 0 Å². The SMILES string of the molecule is CC(C)(C)OC(=O)Nc1ncc(C(O)c2ccc(F)cc2F)s1. The minimum Gasteiger partial charge on any atom is -0.444 e. The zero-order valence-corrected chi connectivity index (χ0v) is 13.6. The molecule has 8 heteroatoms. The summed E-state index contributed by atoms with van der Waals surface area (Å²) < 4.78 is 31.7. The lowest BCUT2D eigenvalue weighted by molar-refractivity contribution is 0.0636. The van der Waals surface area contributed by atoms with Gasteiger partial charge in [-0.25, -0.2) is 18.6 Å². The number of rotatable bonds is 3. The smallest absolute Gasteiger partial charge is 0.413 e. The van der Waals surface area contributed by atoms with E-state index < -0.39 is 29.4 Å². The van der Waals surface area contributed by atoms with Gasteiger partial charge < -0.3 is 9.84 Å². The lowest BCUT2D eigenvalue weighted by atomic mass is 10.1. The number of nitrogens with one attached hydrogen (secondary N) is 1. The molecule has 1 unspecified atom stereocenters. The van der Waals surface area contributed by atoms with E-state index >= 15 is 0 Å². The Morgan fingerprint density at radius 2 is 2.09 bits per heavy atom. The minimum absolute atomic E-state index is 0.0705. The van der Waals surface area contributed by atoms with E-state index in [9.17, 15) is 18.7 Å². The summed E-state index contributed by atoms with van der Waals surface area (Å²) in [6.07, 6.45) is -0.673. The molecule has 1 heterocycles. The minimum atomic E-state index is -1.30. The molecule has 1 aromatic carbocycles. The fraction of sp³-hybridized carbons (Fsp3) is 0.333. The van der Waals surface area contributed by atoms with Crippen LogP contribution in [0.2, 0.25) is 0 Å². The van der Waals surface area contributed by atoms with Gasteiger partial charge >= 0.3 is 6.09 Å². The Morgan fingerprint density at radius 1 is 1.39 bits per heavy atom. The lowest BCUT2D eigenvalue weighted by Gasteiger charge is -2.18. The number of thiazole rings is 1. The first-order valence-corrected chi connectivity index (χ1v) is 7.56. The second-order valence-electron chi connectivity index (χ2n) is 5.76. The molecule has 0 radical (unpaired) electrons. The Kier molecular flexibility index (Phi) is 4.96. The van der Waals surface area contributed by atoms with Gasteiger partial charge in [0.1, 0.15) is 23.3 Å². The van der Waals surface area contributed by atoms with E-state index in [4.69, 9.17) is 4.74 Å². The van der Waals surface area contributed by atoms with Gasteiger partial charge in [0.2, 0.25) is 0 Å². The van der Waals surface area contributed by atoms with Crippen LogP contribution in [0.3, 0.4) is 0 Å². The summed E-state index contributed by atoms with van der Waals surface area (Å²) in [5.41, 5.74) is -0.722. The highest BCUT2D eigenvalue weighted by atomic mass is 32.1. The number of hydrogen-bond donors (Lipinski definition) is 2. The molecule has 0 aliphatic heterocycles. The maximum atomic E-state index is 13.7. The lowest BCUT2D eigenvalue weighted by Crippen LogP contribution is -2.27. The molecule has 2 aromatic rings. The van der Waals surface area contributed by atoms with Crippen molar-refractivity contribution in [3.05, 3.63) is 46.5 Å². The second-order valence-corrected chi connectivity index (χ2v) is 6.83. The van der Waals surface area contributed by atoms with Crippen molar-refractivity contribution >= 4 is 22.6 Å². The van der Waals surface area contributed by atoms with E-state index in [1.54, 1.807) is 20.8 Å². The van der Waals surface area contributed by atoms with Crippen LogP contribution in [0.4, 0.5) is 18.7 Å². The molecule has 1 amide bonds. The molecule has 0 saturated carbocycles. The summed E-state index contributed by atoms with van der Waals surface area (Å²) in [5.74, 6) is -1.58. The third-order valence-electron chi connectivity index (χ3n) is 2.66. The summed E-state index contributed by atoms with van der Waals surface area (Å²) in [6, 6.07) is 2.91. The standard InChI is InChI=1S/C15H16F2N2O3S/c1-15(2,3)22-14(21)19-13-18-7-11(23-13)12(20)9-5-4-8(16)6-10(9)17/h4-7,12,20H,1-3H3,(H,18,19,21). The largest absolute Gasteiger partial charge is 0.444 e. The average Bonchev–Trinajstić information content (AvgIpc) is 2.84. The van der Waals surface area contributed by atoms with E-state index in [1.165, 1.54) is 6.20 Å².